The lowest BCUT2D eigenvalue weighted by atomic mass is 9.95. The van der Waals surface area contributed by atoms with Gasteiger partial charge in [-0.25, -0.2) is 9.37 Å². The molecule has 1 atom stereocenters. The fourth-order valence-electron chi connectivity index (χ4n) is 4.63. The molecule has 7 heteroatoms. The number of aryl methyl sites for hydroxylation is 1. The normalized spacial score (nSPS) is 15.4. The van der Waals surface area contributed by atoms with Crippen LogP contribution in [-0.2, 0) is 4.79 Å². The van der Waals surface area contributed by atoms with Crippen LogP contribution in [0.2, 0.25) is 0 Å². The first-order chi connectivity index (χ1) is 16.5. The zero-order chi connectivity index (χ0) is 23.7. The van der Waals surface area contributed by atoms with Gasteiger partial charge in [-0.05, 0) is 44.4 Å². The van der Waals surface area contributed by atoms with Crippen LogP contribution >= 0.6 is 0 Å². The molecule has 1 aliphatic rings. The van der Waals surface area contributed by atoms with E-state index in [1.807, 2.05) is 56.3 Å². The number of rotatable bonds is 5. The number of benzene rings is 2. The number of hydrogen-bond donors (Lipinski definition) is 1. The molecule has 0 spiro atoms. The van der Waals surface area contributed by atoms with Gasteiger partial charge in [0.05, 0.1) is 11.7 Å². The highest BCUT2D eigenvalue weighted by atomic mass is 19.1. The molecule has 4 aromatic rings. The Hall–Kier alpha value is -3.74. The zero-order valence-corrected chi connectivity index (χ0v) is 19.4. The fraction of sp³-hybridized carbons (Fsp3) is 0.296. The fourth-order valence-corrected chi connectivity index (χ4v) is 4.63. The summed E-state index contributed by atoms with van der Waals surface area (Å²) in [6.07, 6.45) is 1.52. The molecule has 174 valence electrons. The number of carbonyl (C=O) groups excluding carboxylic acids is 1. The molecule has 0 radical (unpaired) electrons. The number of fused-ring (bicyclic) bond motifs is 1. The molecule has 2 aromatic carbocycles. The summed E-state index contributed by atoms with van der Waals surface area (Å²) in [5.41, 5.74) is 3.68. The van der Waals surface area contributed by atoms with Crippen LogP contribution in [0.25, 0.3) is 16.9 Å². The first-order valence-electron chi connectivity index (χ1n) is 11.7. The molecule has 3 heterocycles. The highest BCUT2D eigenvalue weighted by molar-refractivity contribution is 5.79. The molecular formula is C27H28FN5O. The highest BCUT2D eigenvalue weighted by Gasteiger charge is 2.27. The maximum Gasteiger partial charge on any atom is 0.223 e. The van der Waals surface area contributed by atoms with Crippen LogP contribution in [0.3, 0.4) is 0 Å². The van der Waals surface area contributed by atoms with Crippen molar-refractivity contribution in [2.75, 3.05) is 18.0 Å². The minimum atomic E-state index is -0.305. The van der Waals surface area contributed by atoms with Crippen molar-refractivity contribution in [3.63, 3.8) is 0 Å². The van der Waals surface area contributed by atoms with Crippen molar-refractivity contribution in [1.82, 2.24) is 19.9 Å². The number of halogens is 1. The van der Waals surface area contributed by atoms with Crippen LogP contribution in [0.4, 0.5) is 10.2 Å². The van der Waals surface area contributed by atoms with Gasteiger partial charge in [0.2, 0.25) is 5.91 Å². The van der Waals surface area contributed by atoms with Crippen molar-refractivity contribution in [2.24, 2.45) is 5.92 Å². The van der Waals surface area contributed by atoms with Crippen LogP contribution in [0, 0.1) is 18.7 Å². The van der Waals surface area contributed by atoms with E-state index in [0.29, 0.717) is 16.9 Å². The second kappa shape index (κ2) is 9.25. The molecule has 1 fully saturated rings. The third kappa shape index (κ3) is 4.38. The molecule has 0 saturated carbocycles. The monoisotopic (exact) mass is 457 g/mol. The van der Waals surface area contributed by atoms with Crippen molar-refractivity contribution in [3.8, 4) is 11.3 Å². The number of carbonyl (C=O) groups is 1. The van der Waals surface area contributed by atoms with Gasteiger partial charge < -0.3 is 10.2 Å². The summed E-state index contributed by atoms with van der Waals surface area (Å²) in [5.74, 6) is 0.697. The summed E-state index contributed by atoms with van der Waals surface area (Å²) in [7, 11) is 0. The Balaban J connectivity index is 1.32. The van der Waals surface area contributed by atoms with Crippen molar-refractivity contribution in [2.45, 2.75) is 32.7 Å². The van der Waals surface area contributed by atoms with Crippen molar-refractivity contribution < 1.29 is 9.18 Å². The van der Waals surface area contributed by atoms with Crippen LogP contribution in [0.15, 0.2) is 66.7 Å². The van der Waals surface area contributed by atoms with Gasteiger partial charge in [-0.3, -0.25) is 4.79 Å². The van der Waals surface area contributed by atoms with Gasteiger partial charge in [0.15, 0.2) is 5.65 Å². The predicted octanol–water partition coefficient (Wildman–Crippen LogP) is 4.94. The average molecular weight is 458 g/mol. The maximum atomic E-state index is 14.3. The average Bonchev–Trinajstić information content (AvgIpc) is 3.28. The molecule has 1 aliphatic heterocycles. The van der Waals surface area contributed by atoms with Crippen LogP contribution in [-0.4, -0.2) is 33.6 Å². The predicted molar refractivity (Wildman–Crippen MR) is 131 cm³/mol. The second-order valence-corrected chi connectivity index (χ2v) is 8.94. The standard InChI is InChI=1S/C27H28FN5O/c1-18-16-26(33-25(29-18)17-24(31-33)22-10-6-7-11-23(22)28)32-14-12-21(13-15-32)27(34)30-19(2)20-8-4-3-5-9-20/h3-11,16-17,19,21H,12-15H2,1-2H3,(H,30,34)/t19-/m0/s1. The van der Waals surface area contributed by atoms with E-state index in [9.17, 15) is 9.18 Å². The summed E-state index contributed by atoms with van der Waals surface area (Å²) in [4.78, 5) is 19.7. The number of amides is 1. The van der Waals surface area contributed by atoms with Gasteiger partial charge in [-0.15, -0.1) is 0 Å². The number of hydrogen-bond acceptors (Lipinski definition) is 4. The third-order valence-corrected chi connectivity index (χ3v) is 6.53. The van der Waals surface area contributed by atoms with Crippen LogP contribution in [0.5, 0.6) is 0 Å². The van der Waals surface area contributed by atoms with E-state index in [1.54, 1.807) is 22.7 Å². The topological polar surface area (TPSA) is 62.5 Å². The van der Waals surface area contributed by atoms with Crippen molar-refractivity contribution >= 4 is 17.4 Å². The molecule has 5 rings (SSSR count). The summed E-state index contributed by atoms with van der Waals surface area (Å²) in [6.45, 7) is 5.45. The second-order valence-electron chi connectivity index (χ2n) is 8.94. The first-order valence-corrected chi connectivity index (χ1v) is 11.7. The van der Waals surface area contributed by atoms with Crippen molar-refractivity contribution in [1.29, 1.82) is 0 Å². The summed E-state index contributed by atoms with van der Waals surface area (Å²) in [6, 6.07) is 20.5. The van der Waals surface area contributed by atoms with E-state index in [2.05, 4.69) is 20.3 Å². The first kappa shape index (κ1) is 22.1. The number of anilines is 1. The molecule has 1 N–H and O–H groups in total. The lowest BCUT2D eigenvalue weighted by molar-refractivity contribution is -0.126. The van der Waals surface area contributed by atoms with Gasteiger partial charge >= 0.3 is 0 Å². The largest absolute Gasteiger partial charge is 0.356 e. The summed E-state index contributed by atoms with van der Waals surface area (Å²) < 4.78 is 16.1. The molecular weight excluding hydrogens is 429 g/mol. The van der Waals surface area contributed by atoms with E-state index < -0.39 is 0 Å². The third-order valence-electron chi connectivity index (χ3n) is 6.53. The lowest BCUT2D eigenvalue weighted by Gasteiger charge is -2.33. The quantitative estimate of drug-likeness (QED) is 0.461. The maximum absolute atomic E-state index is 14.3. The van der Waals surface area contributed by atoms with Gasteiger partial charge in [0.1, 0.15) is 11.6 Å². The summed E-state index contributed by atoms with van der Waals surface area (Å²) >= 11 is 0. The van der Waals surface area contributed by atoms with Crippen LogP contribution in [0.1, 0.15) is 37.1 Å². The Morgan fingerprint density at radius 2 is 1.76 bits per heavy atom. The van der Waals surface area contributed by atoms with Gasteiger partial charge in [0, 0.05) is 42.4 Å². The Kier molecular flexibility index (Phi) is 6.01. The Bertz CT molecular complexity index is 1310. The molecule has 1 saturated heterocycles. The number of aromatic nitrogens is 3. The Morgan fingerprint density at radius 1 is 1.06 bits per heavy atom. The number of piperidine rings is 1. The Labute approximate surface area is 198 Å². The van der Waals surface area contributed by atoms with E-state index in [-0.39, 0.29) is 23.7 Å². The van der Waals surface area contributed by atoms with Crippen molar-refractivity contribution in [3.05, 3.63) is 83.8 Å². The minimum absolute atomic E-state index is 0.0184. The zero-order valence-electron chi connectivity index (χ0n) is 19.4. The van der Waals surface area contributed by atoms with Crippen LogP contribution < -0.4 is 10.2 Å². The van der Waals surface area contributed by atoms with E-state index >= 15 is 0 Å². The number of nitrogens with zero attached hydrogens (tertiary/aromatic N) is 4. The molecule has 1 amide bonds. The minimum Gasteiger partial charge on any atom is -0.356 e. The Morgan fingerprint density at radius 3 is 2.50 bits per heavy atom. The molecule has 0 bridgehead atoms. The summed E-state index contributed by atoms with van der Waals surface area (Å²) in [5, 5.41) is 7.85. The molecule has 6 nitrogen and oxygen atoms in total. The number of nitrogens with one attached hydrogen (secondary N) is 1. The van der Waals surface area contributed by atoms with E-state index in [4.69, 9.17) is 0 Å². The van der Waals surface area contributed by atoms with E-state index in [1.165, 1.54) is 6.07 Å². The molecule has 2 aromatic heterocycles. The van der Waals surface area contributed by atoms with Gasteiger partial charge in [-0.2, -0.15) is 9.61 Å². The van der Waals surface area contributed by atoms with Gasteiger partial charge in [0.25, 0.3) is 0 Å². The van der Waals surface area contributed by atoms with Gasteiger partial charge in [-0.1, -0.05) is 42.5 Å². The van der Waals surface area contributed by atoms with E-state index in [0.717, 1.165) is 43.0 Å². The molecule has 0 unspecified atom stereocenters. The molecule has 0 aliphatic carbocycles. The smallest absolute Gasteiger partial charge is 0.223 e. The SMILES string of the molecule is Cc1cc(N2CCC(C(=O)N[C@@H](C)c3ccccc3)CC2)n2nc(-c3ccccc3F)cc2n1. The lowest BCUT2D eigenvalue weighted by Crippen LogP contribution is -2.41. The highest BCUT2D eigenvalue weighted by Crippen LogP contribution is 2.28. The molecule has 34 heavy (non-hydrogen) atoms.